The Balaban J connectivity index is 1.66. The van der Waals surface area contributed by atoms with Gasteiger partial charge in [0.1, 0.15) is 0 Å². The molecule has 0 bridgehead atoms. The number of hydrogen-bond donors (Lipinski definition) is 1. The van der Waals surface area contributed by atoms with Crippen molar-refractivity contribution in [3.8, 4) is 0 Å². The van der Waals surface area contributed by atoms with Gasteiger partial charge in [0.15, 0.2) is 0 Å². The average molecular weight is 325 g/mol. The Morgan fingerprint density at radius 3 is 2.48 bits per heavy atom. The molecule has 1 aliphatic heterocycles. The highest BCUT2D eigenvalue weighted by Crippen LogP contribution is 2.17. The maximum Gasteiger partial charge on any atom is 0.221 e. The van der Waals surface area contributed by atoms with Crippen molar-refractivity contribution < 1.29 is 14.3 Å². The zero-order valence-electron chi connectivity index (χ0n) is 14.4. The molecule has 0 aromatic rings. The molecular weight excluding hydrogens is 294 g/mol. The quantitative estimate of drug-likeness (QED) is 0.759. The van der Waals surface area contributed by atoms with Crippen LogP contribution in [0.1, 0.15) is 45.4 Å². The smallest absolute Gasteiger partial charge is 0.221 e. The third kappa shape index (κ3) is 6.87. The summed E-state index contributed by atoms with van der Waals surface area (Å²) in [6, 6.07) is 0.343. The van der Waals surface area contributed by atoms with Crippen molar-refractivity contribution in [3.05, 3.63) is 0 Å². The van der Waals surface area contributed by atoms with Crippen LogP contribution in [-0.2, 0) is 14.3 Å². The van der Waals surface area contributed by atoms with E-state index in [9.17, 15) is 9.59 Å². The molecule has 0 unspecified atom stereocenters. The second kappa shape index (κ2) is 9.88. The third-order valence-electron chi connectivity index (χ3n) is 4.81. The highest BCUT2D eigenvalue weighted by molar-refractivity contribution is 5.78. The summed E-state index contributed by atoms with van der Waals surface area (Å²) in [7, 11) is 0. The van der Waals surface area contributed by atoms with Crippen molar-refractivity contribution in [1.82, 2.24) is 15.1 Å². The monoisotopic (exact) mass is 325 g/mol. The van der Waals surface area contributed by atoms with Gasteiger partial charge in [-0.3, -0.25) is 14.5 Å². The van der Waals surface area contributed by atoms with Crippen LogP contribution in [0.5, 0.6) is 0 Å². The van der Waals surface area contributed by atoms with Gasteiger partial charge in [0, 0.05) is 52.1 Å². The Labute approximate surface area is 139 Å². The van der Waals surface area contributed by atoms with Crippen LogP contribution < -0.4 is 5.32 Å². The molecule has 0 radical (unpaired) electrons. The van der Waals surface area contributed by atoms with E-state index in [1.165, 1.54) is 19.3 Å². The lowest BCUT2D eigenvalue weighted by Gasteiger charge is -2.29. The van der Waals surface area contributed by atoms with Gasteiger partial charge in [-0.2, -0.15) is 0 Å². The lowest BCUT2D eigenvalue weighted by Crippen LogP contribution is -2.44. The number of rotatable bonds is 7. The fraction of sp³-hybridized carbons (Fsp3) is 0.882. The van der Waals surface area contributed by atoms with Crippen molar-refractivity contribution in [1.29, 1.82) is 0 Å². The minimum atomic E-state index is 0.0451. The van der Waals surface area contributed by atoms with Crippen molar-refractivity contribution in [3.63, 3.8) is 0 Å². The third-order valence-corrected chi connectivity index (χ3v) is 4.81. The number of nitrogens with zero attached hydrogens (tertiary/aromatic N) is 2. The average Bonchev–Trinajstić information content (AvgIpc) is 2.56. The molecule has 132 valence electrons. The zero-order valence-corrected chi connectivity index (χ0v) is 14.4. The predicted molar refractivity (Wildman–Crippen MR) is 89.1 cm³/mol. The van der Waals surface area contributed by atoms with Gasteiger partial charge in [0.2, 0.25) is 11.8 Å². The van der Waals surface area contributed by atoms with E-state index < -0.39 is 0 Å². The Morgan fingerprint density at radius 2 is 1.83 bits per heavy atom. The number of hydrogen-bond acceptors (Lipinski definition) is 4. The summed E-state index contributed by atoms with van der Waals surface area (Å²) in [5, 5.41) is 3.11. The van der Waals surface area contributed by atoms with Crippen molar-refractivity contribution in [2.75, 3.05) is 45.9 Å². The number of morpholine rings is 1. The number of carbonyl (C=O) groups is 2. The molecule has 6 nitrogen and oxygen atoms in total. The van der Waals surface area contributed by atoms with Gasteiger partial charge in [-0.25, -0.2) is 0 Å². The molecule has 1 aliphatic carbocycles. The Morgan fingerprint density at radius 1 is 1.13 bits per heavy atom. The van der Waals surface area contributed by atoms with Crippen molar-refractivity contribution in [2.45, 2.75) is 51.5 Å². The molecule has 0 atom stereocenters. The first-order valence-corrected chi connectivity index (χ1v) is 9.00. The fourth-order valence-electron chi connectivity index (χ4n) is 3.30. The van der Waals surface area contributed by atoms with E-state index in [0.717, 1.165) is 45.7 Å². The molecule has 1 N–H and O–H groups in total. The van der Waals surface area contributed by atoms with E-state index in [1.807, 2.05) is 0 Å². The molecule has 1 heterocycles. The van der Waals surface area contributed by atoms with E-state index in [4.69, 9.17) is 4.74 Å². The maximum absolute atomic E-state index is 12.1. The molecule has 1 saturated heterocycles. The number of ether oxygens (including phenoxy) is 1. The molecule has 6 heteroatoms. The van der Waals surface area contributed by atoms with Gasteiger partial charge in [0.05, 0.1) is 13.2 Å². The van der Waals surface area contributed by atoms with Crippen LogP contribution >= 0.6 is 0 Å². The van der Waals surface area contributed by atoms with Crippen molar-refractivity contribution in [2.24, 2.45) is 0 Å². The highest BCUT2D eigenvalue weighted by atomic mass is 16.5. The van der Waals surface area contributed by atoms with Gasteiger partial charge in [0.25, 0.3) is 0 Å². The molecule has 2 aliphatic rings. The molecule has 1 saturated carbocycles. The summed E-state index contributed by atoms with van der Waals surface area (Å²) < 4.78 is 5.33. The van der Waals surface area contributed by atoms with Gasteiger partial charge in [-0.15, -0.1) is 0 Å². The van der Waals surface area contributed by atoms with Crippen LogP contribution in [0.15, 0.2) is 0 Å². The molecule has 0 aromatic carbocycles. The van der Waals surface area contributed by atoms with E-state index in [2.05, 4.69) is 10.2 Å². The lowest BCUT2D eigenvalue weighted by molar-refractivity contribution is -0.130. The first kappa shape index (κ1) is 18.2. The zero-order chi connectivity index (χ0) is 16.5. The summed E-state index contributed by atoms with van der Waals surface area (Å²) in [6.07, 6.45) is 6.30. The molecule has 2 rings (SSSR count). The van der Waals surface area contributed by atoms with Crippen LogP contribution in [-0.4, -0.2) is 73.6 Å². The molecule has 0 aromatic heterocycles. The topological polar surface area (TPSA) is 61.9 Å². The number of nitrogens with one attached hydrogen (secondary N) is 1. The SMILES string of the molecule is CC(=O)N(CCC(=O)NC1CCCCC1)CCN1CCOCC1. The van der Waals surface area contributed by atoms with E-state index in [-0.39, 0.29) is 11.8 Å². The van der Waals surface area contributed by atoms with E-state index in [1.54, 1.807) is 11.8 Å². The summed E-state index contributed by atoms with van der Waals surface area (Å²) in [4.78, 5) is 27.9. The molecule has 2 amide bonds. The fourth-order valence-corrected chi connectivity index (χ4v) is 3.30. The highest BCUT2D eigenvalue weighted by Gasteiger charge is 2.18. The van der Waals surface area contributed by atoms with Crippen molar-refractivity contribution >= 4 is 11.8 Å². The largest absolute Gasteiger partial charge is 0.379 e. The number of carbonyl (C=O) groups excluding carboxylic acids is 2. The van der Waals surface area contributed by atoms with Crippen LogP contribution in [0.25, 0.3) is 0 Å². The van der Waals surface area contributed by atoms with Gasteiger partial charge in [-0.05, 0) is 12.8 Å². The Bertz CT molecular complexity index is 377. The minimum absolute atomic E-state index is 0.0451. The van der Waals surface area contributed by atoms with Crippen LogP contribution in [0.2, 0.25) is 0 Å². The molecular formula is C17H31N3O3. The molecule has 0 spiro atoms. The Kier molecular flexibility index (Phi) is 7.82. The van der Waals surface area contributed by atoms with Crippen LogP contribution in [0, 0.1) is 0 Å². The molecule has 2 fully saturated rings. The second-order valence-electron chi connectivity index (χ2n) is 6.61. The molecule has 23 heavy (non-hydrogen) atoms. The summed E-state index contributed by atoms with van der Waals surface area (Å²) in [5.41, 5.74) is 0. The lowest BCUT2D eigenvalue weighted by atomic mass is 9.95. The van der Waals surface area contributed by atoms with Gasteiger partial charge < -0.3 is 15.0 Å². The second-order valence-corrected chi connectivity index (χ2v) is 6.61. The standard InChI is InChI=1S/C17H31N3O3/c1-15(21)20(10-9-19-11-13-23-14-12-19)8-7-17(22)18-16-5-3-2-4-6-16/h16H,2-14H2,1H3,(H,18,22). The summed E-state index contributed by atoms with van der Waals surface area (Å²) >= 11 is 0. The normalized spacial score (nSPS) is 20.2. The maximum atomic E-state index is 12.1. The van der Waals surface area contributed by atoms with Crippen LogP contribution in [0.3, 0.4) is 0 Å². The first-order valence-electron chi connectivity index (χ1n) is 9.00. The Hall–Kier alpha value is -1.14. The van der Waals surface area contributed by atoms with Crippen LogP contribution in [0.4, 0.5) is 0 Å². The first-order chi connectivity index (χ1) is 11.1. The van der Waals surface area contributed by atoms with E-state index >= 15 is 0 Å². The predicted octanol–water partition coefficient (Wildman–Crippen LogP) is 1.01. The minimum Gasteiger partial charge on any atom is -0.379 e. The summed E-state index contributed by atoms with van der Waals surface area (Å²) in [6.45, 7) is 7.02. The van der Waals surface area contributed by atoms with E-state index in [0.29, 0.717) is 25.6 Å². The van der Waals surface area contributed by atoms with Gasteiger partial charge >= 0.3 is 0 Å². The summed E-state index contributed by atoms with van der Waals surface area (Å²) in [5.74, 6) is 0.123. The number of amides is 2. The van der Waals surface area contributed by atoms with Gasteiger partial charge in [-0.1, -0.05) is 19.3 Å².